The third kappa shape index (κ3) is 4.37. The molecule has 0 atom stereocenters. The Bertz CT molecular complexity index is 757. The molecule has 1 aromatic carbocycles. The number of hydrogen-bond acceptors (Lipinski definition) is 3. The smallest absolute Gasteiger partial charge is 0.320 e. The Morgan fingerprint density at radius 2 is 1.88 bits per heavy atom. The summed E-state index contributed by atoms with van der Waals surface area (Å²) in [5.41, 5.74) is 0.856. The van der Waals surface area contributed by atoms with Gasteiger partial charge >= 0.3 is 6.03 Å². The first-order chi connectivity index (χ1) is 12.0. The second-order valence-corrected chi connectivity index (χ2v) is 6.04. The summed E-state index contributed by atoms with van der Waals surface area (Å²) in [5.74, 6) is 0.930. The van der Waals surface area contributed by atoms with Crippen LogP contribution < -0.4 is 5.32 Å². The van der Waals surface area contributed by atoms with Crippen molar-refractivity contribution in [3.8, 4) is 0 Å². The number of urea groups is 1. The van der Waals surface area contributed by atoms with Crippen molar-refractivity contribution in [2.75, 3.05) is 19.6 Å². The maximum atomic E-state index is 12.9. The number of amides is 3. The molecule has 0 spiro atoms. The van der Waals surface area contributed by atoms with Gasteiger partial charge in [0.1, 0.15) is 23.9 Å². The first-order valence-corrected chi connectivity index (χ1v) is 8.11. The Morgan fingerprint density at radius 3 is 2.56 bits per heavy atom. The van der Waals surface area contributed by atoms with E-state index in [1.807, 2.05) is 13.0 Å². The Hall–Kier alpha value is -2.83. The SMILES string of the molecule is Cc1ccc(CNC(=O)CN2CCN(Cc3ccc(F)cc3)C2=O)o1. The third-order valence-corrected chi connectivity index (χ3v) is 4.06. The van der Waals surface area contributed by atoms with Crippen LogP contribution in [0.25, 0.3) is 0 Å². The number of furan rings is 1. The number of rotatable bonds is 6. The summed E-state index contributed by atoms with van der Waals surface area (Å²) in [6.07, 6.45) is 0. The van der Waals surface area contributed by atoms with E-state index in [1.165, 1.54) is 17.0 Å². The molecule has 3 rings (SSSR count). The van der Waals surface area contributed by atoms with E-state index in [1.54, 1.807) is 23.1 Å². The van der Waals surface area contributed by atoms with Gasteiger partial charge in [-0.3, -0.25) is 4.79 Å². The minimum absolute atomic E-state index is 0.0123. The topological polar surface area (TPSA) is 65.8 Å². The lowest BCUT2D eigenvalue weighted by Crippen LogP contribution is -2.39. The second-order valence-electron chi connectivity index (χ2n) is 6.04. The van der Waals surface area contributed by atoms with Crippen LogP contribution in [0.15, 0.2) is 40.8 Å². The molecule has 0 unspecified atom stereocenters. The first-order valence-electron chi connectivity index (χ1n) is 8.11. The van der Waals surface area contributed by atoms with Gasteiger partial charge in [0.05, 0.1) is 6.54 Å². The Balaban J connectivity index is 1.48. The van der Waals surface area contributed by atoms with Crippen LogP contribution in [0.5, 0.6) is 0 Å². The zero-order valence-electron chi connectivity index (χ0n) is 14.0. The number of carbonyl (C=O) groups excluding carboxylic acids is 2. The normalized spacial score (nSPS) is 14.2. The summed E-state index contributed by atoms with van der Waals surface area (Å²) in [5, 5.41) is 2.74. The maximum Gasteiger partial charge on any atom is 0.320 e. The van der Waals surface area contributed by atoms with Crippen molar-refractivity contribution < 1.29 is 18.4 Å². The van der Waals surface area contributed by atoms with Gasteiger partial charge in [-0.2, -0.15) is 0 Å². The highest BCUT2D eigenvalue weighted by Gasteiger charge is 2.29. The fourth-order valence-corrected chi connectivity index (χ4v) is 2.73. The third-order valence-electron chi connectivity index (χ3n) is 4.06. The molecule has 2 heterocycles. The van der Waals surface area contributed by atoms with Crippen LogP contribution in [-0.2, 0) is 17.9 Å². The highest BCUT2D eigenvalue weighted by molar-refractivity contribution is 5.85. The number of halogens is 1. The molecule has 1 fully saturated rings. The van der Waals surface area contributed by atoms with E-state index < -0.39 is 0 Å². The van der Waals surface area contributed by atoms with Crippen LogP contribution in [0.4, 0.5) is 9.18 Å². The van der Waals surface area contributed by atoms with Gasteiger partial charge in [-0.1, -0.05) is 12.1 Å². The first kappa shape index (κ1) is 17.0. The van der Waals surface area contributed by atoms with Crippen molar-refractivity contribution in [3.05, 3.63) is 59.3 Å². The van der Waals surface area contributed by atoms with Crippen LogP contribution in [0.3, 0.4) is 0 Å². The Kier molecular flexibility index (Phi) is 5.02. The molecule has 132 valence electrons. The lowest BCUT2D eigenvalue weighted by molar-refractivity contribution is -0.121. The number of hydrogen-bond donors (Lipinski definition) is 1. The summed E-state index contributed by atoms with van der Waals surface area (Å²) in [6, 6.07) is 9.51. The Morgan fingerprint density at radius 1 is 1.16 bits per heavy atom. The van der Waals surface area contributed by atoms with Gasteiger partial charge in [0.2, 0.25) is 5.91 Å². The van der Waals surface area contributed by atoms with Crippen LogP contribution in [-0.4, -0.2) is 41.4 Å². The summed E-state index contributed by atoms with van der Waals surface area (Å²) in [7, 11) is 0. The lowest BCUT2D eigenvalue weighted by atomic mass is 10.2. The fraction of sp³-hybridized carbons (Fsp3) is 0.333. The monoisotopic (exact) mass is 345 g/mol. The second kappa shape index (κ2) is 7.38. The van der Waals surface area contributed by atoms with E-state index in [9.17, 15) is 14.0 Å². The zero-order valence-corrected chi connectivity index (χ0v) is 14.0. The molecule has 1 N–H and O–H groups in total. The number of carbonyl (C=O) groups is 2. The highest BCUT2D eigenvalue weighted by atomic mass is 19.1. The van der Waals surface area contributed by atoms with Crippen molar-refractivity contribution >= 4 is 11.9 Å². The standard InChI is InChI=1S/C18H20FN3O3/c1-13-2-7-16(25-13)10-20-17(23)12-22-9-8-21(18(22)24)11-14-3-5-15(19)6-4-14/h2-7H,8-12H2,1H3,(H,20,23). The molecule has 1 aromatic heterocycles. The lowest BCUT2D eigenvalue weighted by Gasteiger charge is -2.18. The van der Waals surface area contributed by atoms with Gasteiger partial charge in [0.15, 0.2) is 0 Å². The molecule has 1 aliphatic heterocycles. The molecule has 1 aliphatic rings. The molecule has 0 aliphatic carbocycles. The minimum atomic E-state index is -0.304. The molecule has 7 heteroatoms. The molecule has 2 aromatic rings. The Labute approximate surface area is 145 Å². The molecular weight excluding hydrogens is 325 g/mol. The van der Waals surface area contributed by atoms with Gasteiger partial charge in [0, 0.05) is 19.6 Å². The quantitative estimate of drug-likeness (QED) is 0.873. The predicted octanol–water partition coefficient (Wildman–Crippen LogP) is 2.28. The van der Waals surface area contributed by atoms with E-state index in [4.69, 9.17) is 4.42 Å². The van der Waals surface area contributed by atoms with Crippen molar-refractivity contribution in [2.24, 2.45) is 0 Å². The van der Waals surface area contributed by atoms with E-state index in [-0.39, 0.29) is 24.3 Å². The summed E-state index contributed by atoms with van der Waals surface area (Å²) < 4.78 is 18.3. The molecular formula is C18H20FN3O3. The zero-order chi connectivity index (χ0) is 17.8. The van der Waals surface area contributed by atoms with Crippen molar-refractivity contribution in [3.63, 3.8) is 0 Å². The molecule has 3 amide bonds. The summed E-state index contributed by atoms with van der Waals surface area (Å²) >= 11 is 0. The highest BCUT2D eigenvalue weighted by Crippen LogP contribution is 2.14. The molecule has 6 nitrogen and oxygen atoms in total. The maximum absolute atomic E-state index is 12.9. The molecule has 0 radical (unpaired) electrons. The van der Waals surface area contributed by atoms with E-state index in [2.05, 4.69) is 5.32 Å². The number of nitrogens with zero attached hydrogens (tertiary/aromatic N) is 2. The summed E-state index contributed by atoms with van der Waals surface area (Å²) in [6.45, 7) is 3.59. The van der Waals surface area contributed by atoms with E-state index in [0.29, 0.717) is 31.9 Å². The summed E-state index contributed by atoms with van der Waals surface area (Å²) in [4.78, 5) is 27.5. The number of nitrogens with one attached hydrogen (secondary N) is 1. The van der Waals surface area contributed by atoms with Gasteiger partial charge in [-0.15, -0.1) is 0 Å². The number of aryl methyl sites for hydroxylation is 1. The predicted molar refractivity (Wildman–Crippen MR) is 89.1 cm³/mol. The van der Waals surface area contributed by atoms with Crippen molar-refractivity contribution in [1.29, 1.82) is 0 Å². The van der Waals surface area contributed by atoms with Crippen molar-refractivity contribution in [1.82, 2.24) is 15.1 Å². The van der Waals surface area contributed by atoms with Gasteiger partial charge in [-0.25, -0.2) is 9.18 Å². The average molecular weight is 345 g/mol. The average Bonchev–Trinajstić information content (AvgIpc) is 3.15. The van der Waals surface area contributed by atoms with Crippen molar-refractivity contribution in [2.45, 2.75) is 20.0 Å². The van der Waals surface area contributed by atoms with E-state index in [0.717, 1.165) is 11.3 Å². The largest absolute Gasteiger partial charge is 0.465 e. The molecule has 1 saturated heterocycles. The van der Waals surface area contributed by atoms with Crippen LogP contribution in [0, 0.1) is 12.7 Å². The van der Waals surface area contributed by atoms with Crippen LogP contribution in [0.1, 0.15) is 17.1 Å². The number of benzene rings is 1. The van der Waals surface area contributed by atoms with Gasteiger partial charge < -0.3 is 19.5 Å². The molecule has 25 heavy (non-hydrogen) atoms. The van der Waals surface area contributed by atoms with Gasteiger partial charge in [-0.05, 0) is 36.8 Å². The van der Waals surface area contributed by atoms with Crippen LogP contribution in [0.2, 0.25) is 0 Å². The fourth-order valence-electron chi connectivity index (χ4n) is 2.73. The van der Waals surface area contributed by atoms with Gasteiger partial charge in [0.25, 0.3) is 0 Å². The van der Waals surface area contributed by atoms with E-state index >= 15 is 0 Å². The van der Waals surface area contributed by atoms with Crippen LogP contribution >= 0.6 is 0 Å². The molecule has 0 saturated carbocycles. The molecule has 0 bridgehead atoms. The minimum Gasteiger partial charge on any atom is -0.465 e.